The van der Waals surface area contributed by atoms with E-state index in [1.807, 2.05) is 12.1 Å². The molecule has 3 aromatic rings. The predicted octanol–water partition coefficient (Wildman–Crippen LogP) is 3.60. The molecule has 0 N–H and O–H groups in total. The third kappa shape index (κ3) is 4.45. The fraction of sp³-hybridized carbons (Fsp3) is 0.500. The van der Waals surface area contributed by atoms with Crippen LogP contribution in [0.2, 0.25) is 0 Å². The Kier molecular flexibility index (Phi) is 6.15. The first-order valence-electron chi connectivity index (χ1n) is 9.97. The Bertz CT molecular complexity index is 931. The Balaban J connectivity index is 1.43. The topological polar surface area (TPSA) is 82.1 Å². The van der Waals surface area contributed by atoms with Crippen molar-refractivity contribution in [3.63, 3.8) is 0 Å². The van der Waals surface area contributed by atoms with Crippen LogP contribution in [0.3, 0.4) is 0 Å². The molecule has 29 heavy (non-hydrogen) atoms. The van der Waals surface area contributed by atoms with Gasteiger partial charge in [0.05, 0.1) is 19.0 Å². The van der Waals surface area contributed by atoms with E-state index in [0.717, 1.165) is 49.5 Å². The van der Waals surface area contributed by atoms with E-state index in [1.54, 1.807) is 11.8 Å². The van der Waals surface area contributed by atoms with Gasteiger partial charge in [-0.25, -0.2) is 0 Å². The van der Waals surface area contributed by atoms with Crippen LogP contribution in [0.1, 0.15) is 38.1 Å². The maximum absolute atomic E-state index is 5.45. The number of rotatable bonds is 7. The zero-order valence-electron chi connectivity index (χ0n) is 17.0. The number of hydrogen-bond acceptors (Lipinski definition) is 8. The zero-order chi connectivity index (χ0) is 20.2. The molecule has 0 unspecified atom stereocenters. The fourth-order valence-electron chi connectivity index (χ4n) is 3.24. The van der Waals surface area contributed by atoms with E-state index in [-0.39, 0.29) is 0 Å². The van der Waals surface area contributed by atoms with Gasteiger partial charge in [0.1, 0.15) is 0 Å². The molecule has 1 aliphatic rings. The van der Waals surface area contributed by atoms with Gasteiger partial charge in [0.15, 0.2) is 5.16 Å². The highest BCUT2D eigenvalue weighted by molar-refractivity contribution is 7.98. The second kappa shape index (κ2) is 8.96. The lowest BCUT2D eigenvalue weighted by Gasteiger charge is -2.27. The van der Waals surface area contributed by atoms with E-state index in [4.69, 9.17) is 9.26 Å². The van der Waals surface area contributed by atoms with Gasteiger partial charge < -0.3 is 14.2 Å². The quantitative estimate of drug-likeness (QED) is 0.543. The first kappa shape index (κ1) is 19.9. The monoisotopic (exact) mass is 414 g/mol. The first-order chi connectivity index (χ1) is 14.2. The minimum atomic E-state index is 0.500. The van der Waals surface area contributed by atoms with Gasteiger partial charge in [0, 0.05) is 25.2 Å². The number of aromatic nitrogens is 5. The normalized spacial score (nSPS) is 14.7. The van der Waals surface area contributed by atoms with Crippen LogP contribution in [0.25, 0.3) is 11.4 Å². The van der Waals surface area contributed by atoms with Crippen LogP contribution in [-0.4, -0.2) is 51.2 Å². The number of hydrogen-bond donors (Lipinski definition) is 0. The summed E-state index contributed by atoms with van der Waals surface area (Å²) in [4.78, 5) is 6.76. The van der Waals surface area contributed by atoms with Gasteiger partial charge in [-0.1, -0.05) is 55.0 Å². The van der Waals surface area contributed by atoms with Crippen molar-refractivity contribution in [2.24, 2.45) is 0 Å². The number of morpholine rings is 1. The summed E-state index contributed by atoms with van der Waals surface area (Å²) >= 11 is 1.56. The number of anilines is 1. The second-order valence-corrected chi connectivity index (χ2v) is 8.15. The molecule has 0 bridgehead atoms. The summed E-state index contributed by atoms with van der Waals surface area (Å²) in [6.07, 6.45) is 0. The van der Waals surface area contributed by atoms with Crippen molar-refractivity contribution < 1.29 is 9.26 Å². The molecule has 9 heteroatoms. The average molecular weight is 415 g/mol. The largest absolute Gasteiger partial charge is 0.378 e. The Morgan fingerprint density at radius 2 is 1.86 bits per heavy atom. The average Bonchev–Trinajstić information content (AvgIpc) is 3.39. The van der Waals surface area contributed by atoms with Crippen molar-refractivity contribution in [3.05, 3.63) is 35.7 Å². The van der Waals surface area contributed by atoms with Crippen LogP contribution in [0.5, 0.6) is 0 Å². The molecular formula is C20H26N6O2S. The maximum atomic E-state index is 5.45. The molecule has 0 amide bonds. The van der Waals surface area contributed by atoms with E-state index in [1.165, 1.54) is 5.56 Å². The number of thioether (sulfide) groups is 1. The number of ether oxygens (including phenoxy) is 1. The molecule has 8 nitrogen and oxygen atoms in total. The summed E-state index contributed by atoms with van der Waals surface area (Å²) in [5, 5.41) is 13.8. The molecule has 0 spiro atoms. The number of benzene rings is 1. The van der Waals surface area contributed by atoms with Crippen LogP contribution in [0.4, 0.5) is 5.95 Å². The molecule has 0 saturated carbocycles. The fourth-order valence-corrected chi connectivity index (χ4v) is 4.07. The minimum absolute atomic E-state index is 0.500. The van der Waals surface area contributed by atoms with Gasteiger partial charge in [-0.15, -0.1) is 10.2 Å². The molecule has 1 saturated heterocycles. The van der Waals surface area contributed by atoms with Gasteiger partial charge in [0.25, 0.3) is 0 Å². The molecule has 0 aliphatic carbocycles. The lowest BCUT2D eigenvalue weighted by molar-refractivity contribution is 0.121. The van der Waals surface area contributed by atoms with Crippen LogP contribution in [0.15, 0.2) is 33.9 Å². The summed E-state index contributed by atoms with van der Waals surface area (Å²) in [5.41, 5.74) is 2.25. The Morgan fingerprint density at radius 3 is 2.55 bits per heavy atom. The van der Waals surface area contributed by atoms with Gasteiger partial charge in [0.2, 0.25) is 17.7 Å². The smallest absolute Gasteiger partial charge is 0.237 e. The standard InChI is InChI=1S/C20H26N6O2S/c1-4-26-19(25-9-11-27-12-10-25)22-23-20(26)29-13-17-21-18(24-28-17)16-7-5-15(6-8-16)14(2)3/h5-8,14H,4,9-13H2,1-3H3. The Morgan fingerprint density at radius 1 is 1.10 bits per heavy atom. The molecule has 3 heterocycles. The summed E-state index contributed by atoms with van der Waals surface area (Å²) in [6.45, 7) is 10.4. The van der Waals surface area contributed by atoms with Gasteiger partial charge in [-0.3, -0.25) is 4.57 Å². The summed E-state index contributed by atoms with van der Waals surface area (Å²) in [7, 11) is 0. The van der Waals surface area contributed by atoms with E-state index < -0.39 is 0 Å². The Hall–Kier alpha value is -2.39. The number of nitrogens with zero attached hydrogens (tertiary/aromatic N) is 6. The molecule has 1 aromatic carbocycles. The highest BCUT2D eigenvalue weighted by Crippen LogP contribution is 2.26. The summed E-state index contributed by atoms with van der Waals surface area (Å²) in [5.74, 6) is 3.14. The predicted molar refractivity (Wildman–Crippen MR) is 112 cm³/mol. The third-order valence-electron chi connectivity index (χ3n) is 4.94. The van der Waals surface area contributed by atoms with E-state index in [2.05, 4.69) is 62.7 Å². The van der Waals surface area contributed by atoms with E-state index >= 15 is 0 Å². The van der Waals surface area contributed by atoms with Crippen LogP contribution < -0.4 is 4.90 Å². The van der Waals surface area contributed by atoms with Gasteiger partial charge in [-0.2, -0.15) is 4.98 Å². The summed E-state index contributed by atoms with van der Waals surface area (Å²) < 4.78 is 13.0. The molecule has 1 aliphatic heterocycles. The van der Waals surface area contributed by atoms with Crippen LogP contribution >= 0.6 is 11.8 Å². The van der Waals surface area contributed by atoms with Gasteiger partial charge in [-0.05, 0) is 18.4 Å². The molecule has 154 valence electrons. The Labute approximate surface area is 174 Å². The highest BCUT2D eigenvalue weighted by atomic mass is 32.2. The molecule has 2 aromatic heterocycles. The maximum Gasteiger partial charge on any atom is 0.237 e. The SMILES string of the molecule is CCn1c(SCc2nc(-c3ccc(C(C)C)cc3)no2)nnc1N1CCOCC1. The van der Waals surface area contributed by atoms with Crippen molar-refractivity contribution in [1.82, 2.24) is 24.9 Å². The molecule has 4 rings (SSSR count). The van der Waals surface area contributed by atoms with Crippen molar-refractivity contribution >= 4 is 17.7 Å². The van der Waals surface area contributed by atoms with E-state index in [9.17, 15) is 0 Å². The molecule has 0 radical (unpaired) electrons. The lowest BCUT2D eigenvalue weighted by Crippen LogP contribution is -2.38. The van der Waals surface area contributed by atoms with Crippen molar-refractivity contribution in [2.75, 3.05) is 31.2 Å². The van der Waals surface area contributed by atoms with Crippen LogP contribution in [0, 0.1) is 0 Å². The van der Waals surface area contributed by atoms with Crippen molar-refractivity contribution in [2.45, 2.75) is 44.1 Å². The first-order valence-corrected chi connectivity index (χ1v) is 11.0. The van der Waals surface area contributed by atoms with Crippen molar-refractivity contribution in [1.29, 1.82) is 0 Å². The zero-order valence-corrected chi connectivity index (χ0v) is 17.9. The molecule has 0 atom stereocenters. The molecular weight excluding hydrogens is 388 g/mol. The third-order valence-corrected chi connectivity index (χ3v) is 5.89. The van der Waals surface area contributed by atoms with E-state index in [0.29, 0.717) is 23.4 Å². The summed E-state index contributed by atoms with van der Waals surface area (Å²) in [6, 6.07) is 8.31. The molecule has 1 fully saturated rings. The highest BCUT2D eigenvalue weighted by Gasteiger charge is 2.20. The van der Waals surface area contributed by atoms with Gasteiger partial charge >= 0.3 is 0 Å². The minimum Gasteiger partial charge on any atom is -0.378 e. The second-order valence-electron chi connectivity index (χ2n) is 7.20. The lowest BCUT2D eigenvalue weighted by atomic mass is 10.0. The van der Waals surface area contributed by atoms with Crippen LogP contribution in [-0.2, 0) is 17.0 Å². The van der Waals surface area contributed by atoms with Crippen molar-refractivity contribution in [3.8, 4) is 11.4 Å².